The SMILES string of the molecule is C=CCOC(=O)[C@@H](CO)NC(=O)c1cnc2ccccc2n1. The monoisotopic (exact) mass is 301 g/mol. The number of benzene rings is 1. The highest BCUT2D eigenvalue weighted by Gasteiger charge is 2.22. The summed E-state index contributed by atoms with van der Waals surface area (Å²) in [5.74, 6) is -1.36. The van der Waals surface area contributed by atoms with Crippen molar-refractivity contribution >= 4 is 22.9 Å². The van der Waals surface area contributed by atoms with E-state index < -0.39 is 24.5 Å². The van der Waals surface area contributed by atoms with Crippen LogP contribution in [0.3, 0.4) is 0 Å². The maximum absolute atomic E-state index is 12.1. The first kappa shape index (κ1) is 15.6. The van der Waals surface area contributed by atoms with Crippen LogP contribution in [-0.4, -0.2) is 46.2 Å². The molecular weight excluding hydrogens is 286 g/mol. The Morgan fingerprint density at radius 1 is 1.36 bits per heavy atom. The number of carbonyl (C=O) groups is 2. The summed E-state index contributed by atoms with van der Waals surface area (Å²) >= 11 is 0. The van der Waals surface area contributed by atoms with Gasteiger partial charge in [0, 0.05) is 0 Å². The van der Waals surface area contributed by atoms with Gasteiger partial charge in [0.1, 0.15) is 12.3 Å². The zero-order valence-electron chi connectivity index (χ0n) is 11.7. The Labute approximate surface area is 126 Å². The van der Waals surface area contributed by atoms with Gasteiger partial charge in [0.15, 0.2) is 6.04 Å². The number of carbonyl (C=O) groups excluding carboxylic acids is 2. The summed E-state index contributed by atoms with van der Waals surface area (Å²) in [7, 11) is 0. The first-order valence-electron chi connectivity index (χ1n) is 6.56. The molecule has 0 aliphatic carbocycles. The van der Waals surface area contributed by atoms with Crippen molar-refractivity contribution in [2.24, 2.45) is 0 Å². The van der Waals surface area contributed by atoms with Crippen LogP contribution in [0, 0.1) is 0 Å². The maximum atomic E-state index is 12.1. The van der Waals surface area contributed by atoms with Crippen molar-refractivity contribution in [3.63, 3.8) is 0 Å². The van der Waals surface area contributed by atoms with Gasteiger partial charge in [0.05, 0.1) is 23.8 Å². The van der Waals surface area contributed by atoms with Crippen LogP contribution in [0.1, 0.15) is 10.5 Å². The zero-order chi connectivity index (χ0) is 15.9. The Morgan fingerprint density at radius 2 is 2.09 bits per heavy atom. The van der Waals surface area contributed by atoms with Crippen molar-refractivity contribution in [2.45, 2.75) is 6.04 Å². The van der Waals surface area contributed by atoms with Crippen LogP contribution in [-0.2, 0) is 9.53 Å². The quantitative estimate of drug-likeness (QED) is 0.593. The van der Waals surface area contributed by atoms with Crippen molar-refractivity contribution in [3.8, 4) is 0 Å². The molecule has 0 bridgehead atoms. The third-order valence-corrected chi connectivity index (χ3v) is 2.80. The van der Waals surface area contributed by atoms with Gasteiger partial charge in [-0.2, -0.15) is 0 Å². The van der Waals surface area contributed by atoms with E-state index in [-0.39, 0.29) is 12.3 Å². The number of aliphatic hydroxyl groups excluding tert-OH is 1. The number of rotatable bonds is 6. The van der Waals surface area contributed by atoms with Gasteiger partial charge in [0.2, 0.25) is 0 Å². The van der Waals surface area contributed by atoms with Gasteiger partial charge in [-0.15, -0.1) is 0 Å². The number of aromatic nitrogens is 2. The van der Waals surface area contributed by atoms with Crippen molar-refractivity contribution in [1.82, 2.24) is 15.3 Å². The van der Waals surface area contributed by atoms with Crippen molar-refractivity contribution in [1.29, 1.82) is 0 Å². The molecule has 1 heterocycles. The number of hydrogen-bond donors (Lipinski definition) is 2. The number of amides is 1. The van der Waals surface area contributed by atoms with E-state index in [0.717, 1.165) is 0 Å². The third-order valence-electron chi connectivity index (χ3n) is 2.80. The lowest BCUT2D eigenvalue weighted by Crippen LogP contribution is -2.44. The van der Waals surface area contributed by atoms with Gasteiger partial charge < -0.3 is 15.2 Å². The van der Waals surface area contributed by atoms with E-state index in [4.69, 9.17) is 4.74 Å². The molecule has 2 rings (SSSR count). The van der Waals surface area contributed by atoms with Gasteiger partial charge in [-0.25, -0.2) is 9.78 Å². The smallest absolute Gasteiger partial charge is 0.331 e. The molecule has 1 atom stereocenters. The Kier molecular flexibility index (Phi) is 5.16. The molecule has 22 heavy (non-hydrogen) atoms. The predicted molar refractivity (Wildman–Crippen MR) is 79.0 cm³/mol. The molecule has 1 amide bonds. The highest BCUT2D eigenvalue weighted by molar-refractivity contribution is 5.96. The largest absolute Gasteiger partial charge is 0.460 e. The average molecular weight is 301 g/mol. The Morgan fingerprint density at radius 3 is 2.77 bits per heavy atom. The van der Waals surface area contributed by atoms with E-state index >= 15 is 0 Å². The lowest BCUT2D eigenvalue weighted by atomic mass is 10.2. The fourth-order valence-corrected chi connectivity index (χ4v) is 1.72. The summed E-state index contributed by atoms with van der Waals surface area (Å²) in [4.78, 5) is 32.0. The Hall–Kier alpha value is -2.80. The highest BCUT2D eigenvalue weighted by Crippen LogP contribution is 2.08. The molecule has 0 aliphatic rings. The fraction of sp³-hybridized carbons (Fsp3) is 0.200. The molecule has 1 aromatic heterocycles. The minimum atomic E-state index is -1.17. The number of esters is 1. The number of para-hydroxylation sites is 2. The molecule has 2 N–H and O–H groups in total. The van der Waals surface area contributed by atoms with Crippen LogP contribution < -0.4 is 5.32 Å². The van der Waals surface area contributed by atoms with Crippen LogP contribution in [0.25, 0.3) is 11.0 Å². The molecular formula is C15H15N3O4. The molecule has 0 saturated heterocycles. The van der Waals surface area contributed by atoms with Gasteiger partial charge in [0.25, 0.3) is 5.91 Å². The van der Waals surface area contributed by atoms with Crippen LogP contribution in [0.2, 0.25) is 0 Å². The topological polar surface area (TPSA) is 101 Å². The normalized spacial score (nSPS) is 11.7. The molecule has 1 aromatic carbocycles. The second kappa shape index (κ2) is 7.28. The lowest BCUT2D eigenvalue weighted by molar-refractivity contribution is -0.145. The van der Waals surface area contributed by atoms with E-state index in [1.165, 1.54) is 12.3 Å². The van der Waals surface area contributed by atoms with E-state index in [0.29, 0.717) is 11.0 Å². The minimum absolute atomic E-state index is 0.000976. The predicted octanol–water partition coefficient (Wildman–Crippen LogP) is 0.450. The van der Waals surface area contributed by atoms with Crippen LogP contribution in [0.4, 0.5) is 0 Å². The van der Waals surface area contributed by atoms with Crippen molar-refractivity contribution in [3.05, 3.63) is 48.8 Å². The van der Waals surface area contributed by atoms with E-state index in [9.17, 15) is 14.7 Å². The molecule has 114 valence electrons. The van der Waals surface area contributed by atoms with Gasteiger partial charge >= 0.3 is 5.97 Å². The minimum Gasteiger partial charge on any atom is -0.460 e. The molecule has 0 fully saturated rings. The molecule has 7 heteroatoms. The molecule has 0 saturated carbocycles. The first-order chi connectivity index (χ1) is 10.7. The fourth-order valence-electron chi connectivity index (χ4n) is 1.72. The van der Waals surface area contributed by atoms with E-state index in [2.05, 4.69) is 21.9 Å². The summed E-state index contributed by atoms with van der Waals surface area (Å²) in [5.41, 5.74) is 1.27. The van der Waals surface area contributed by atoms with Gasteiger partial charge in [-0.3, -0.25) is 9.78 Å². The van der Waals surface area contributed by atoms with Crippen LogP contribution >= 0.6 is 0 Å². The van der Waals surface area contributed by atoms with Gasteiger partial charge in [-0.1, -0.05) is 24.8 Å². The number of nitrogens with zero attached hydrogens (tertiary/aromatic N) is 2. The number of nitrogens with one attached hydrogen (secondary N) is 1. The number of aliphatic hydroxyl groups is 1. The van der Waals surface area contributed by atoms with Crippen molar-refractivity contribution in [2.75, 3.05) is 13.2 Å². The first-order valence-corrected chi connectivity index (χ1v) is 6.56. The molecule has 0 unspecified atom stereocenters. The molecule has 0 radical (unpaired) electrons. The summed E-state index contributed by atoms with van der Waals surface area (Å²) < 4.78 is 4.78. The highest BCUT2D eigenvalue weighted by atomic mass is 16.5. The summed E-state index contributed by atoms with van der Waals surface area (Å²) in [6.45, 7) is 2.83. The standard InChI is InChI=1S/C15H15N3O4/c1-2-7-22-15(21)13(9-19)18-14(20)12-8-16-10-5-3-4-6-11(10)17-12/h2-6,8,13,19H,1,7,9H2,(H,18,20)/t13-/m1/s1. The number of fused-ring (bicyclic) bond motifs is 1. The van der Waals surface area contributed by atoms with Crippen molar-refractivity contribution < 1.29 is 19.4 Å². The summed E-state index contributed by atoms with van der Waals surface area (Å²) in [6, 6.07) is 5.92. The van der Waals surface area contributed by atoms with Crippen LogP contribution in [0.15, 0.2) is 43.1 Å². The lowest BCUT2D eigenvalue weighted by Gasteiger charge is -2.14. The maximum Gasteiger partial charge on any atom is 0.331 e. The number of hydrogen-bond acceptors (Lipinski definition) is 6. The second-order valence-corrected chi connectivity index (χ2v) is 4.37. The zero-order valence-corrected chi connectivity index (χ0v) is 11.7. The molecule has 2 aromatic rings. The van der Waals surface area contributed by atoms with E-state index in [1.807, 2.05) is 6.07 Å². The average Bonchev–Trinajstić information content (AvgIpc) is 2.56. The van der Waals surface area contributed by atoms with Crippen LogP contribution in [0.5, 0.6) is 0 Å². The van der Waals surface area contributed by atoms with E-state index in [1.54, 1.807) is 18.2 Å². The molecule has 0 spiro atoms. The number of ether oxygens (including phenoxy) is 1. The molecule has 0 aliphatic heterocycles. The summed E-state index contributed by atoms with van der Waals surface area (Å²) in [6.07, 6.45) is 2.70. The Balaban J connectivity index is 2.11. The molecule has 7 nitrogen and oxygen atoms in total. The Bertz CT molecular complexity index is 702. The van der Waals surface area contributed by atoms with Gasteiger partial charge in [-0.05, 0) is 12.1 Å². The summed E-state index contributed by atoms with van der Waals surface area (Å²) in [5, 5.41) is 11.5. The third kappa shape index (κ3) is 3.64. The second-order valence-electron chi connectivity index (χ2n) is 4.37.